The van der Waals surface area contributed by atoms with Crippen LogP contribution < -0.4 is 10.6 Å². The van der Waals surface area contributed by atoms with Crippen LogP contribution in [0.5, 0.6) is 0 Å². The summed E-state index contributed by atoms with van der Waals surface area (Å²) in [6.45, 7) is 5.12. The Labute approximate surface area is 73.9 Å². The van der Waals surface area contributed by atoms with Gasteiger partial charge in [-0.15, -0.1) is 0 Å². The van der Waals surface area contributed by atoms with E-state index in [4.69, 9.17) is 0 Å². The molecule has 0 heterocycles. The fourth-order valence-electron chi connectivity index (χ4n) is 1.22. The molecule has 70 valence electrons. The van der Waals surface area contributed by atoms with Gasteiger partial charge in [-0.2, -0.15) is 0 Å². The van der Waals surface area contributed by atoms with Crippen LogP contribution in [0.15, 0.2) is 0 Å². The Kier molecular flexibility index (Phi) is 2.73. The minimum Gasteiger partial charge on any atom is -0.353 e. The predicted octanol–water partition coefficient (Wildman–Crippen LogP) is 0.511. The zero-order chi connectivity index (χ0) is 9.19. The Balaban J connectivity index is 2.12. The standard InChI is InChI=1S/C9H18N2O/c1-9(2)6-7(9)11-8(12)4-5-10-3/h7,10H,4-6H2,1-3H3,(H,11,12). The lowest BCUT2D eigenvalue weighted by Gasteiger charge is -2.05. The van der Waals surface area contributed by atoms with Crippen LogP contribution in [0.4, 0.5) is 0 Å². The van der Waals surface area contributed by atoms with E-state index in [0.717, 1.165) is 13.0 Å². The van der Waals surface area contributed by atoms with Crippen LogP contribution in [-0.4, -0.2) is 25.5 Å². The van der Waals surface area contributed by atoms with Gasteiger partial charge in [0.25, 0.3) is 0 Å². The van der Waals surface area contributed by atoms with Gasteiger partial charge in [-0.3, -0.25) is 4.79 Å². The monoisotopic (exact) mass is 170 g/mol. The number of rotatable bonds is 4. The summed E-state index contributed by atoms with van der Waals surface area (Å²) in [4.78, 5) is 11.2. The second kappa shape index (κ2) is 3.44. The van der Waals surface area contributed by atoms with Crippen molar-refractivity contribution in [2.24, 2.45) is 5.41 Å². The van der Waals surface area contributed by atoms with Gasteiger partial charge in [-0.25, -0.2) is 0 Å². The first-order valence-electron chi connectivity index (χ1n) is 4.50. The van der Waals surface area contributed by atoms with E-state index in [1.54, 1.807) is 0 Å². The van der Waals surface area contributed by atoms with Gasteiger partial charge < -0.3 is 10.6 Å². The van der Waals surface area contributed by atoms with Crippen molar-refractivity contribution in [3.63, 3.8) is 0 Å². The molecule has 0 spiro atoms. The number of carbonyl (C=O) groups is 1. The average Bonchev–Trinajstić information content (AvgIpc) is 2.54. The Bertz CT molecular complexity index is 177. The van der Waals surface area contributed by atoms with Gasteiger partial charge in [0.1, 0.15) is 0 Å². The molecule has 3 heteroatoms. The maximum atomic E-state index is 11.2. The fourth-order valence-corrected chi connectivity index (χ4v) is 1.22. The maximum absolute atomic E-state index is 11.2. The van der Waals surface area contributed by atoms with E-state index < -0.39 is 0 Å². The normalized spacial score (nSPS) is 25.1. The van der Waals surface area contributed by atoms with Gasteiger partial charge in [0.2, 0.25) is 5.91 Å². The van der Waals surface area contributed by atoms with E-state index in [0.29, 0.717) is 17.9 Å². The molecule has 1 aliphatic rings. The predicted molar refractivity (Wildman–Crippen MR) is 48.9 cm³/mol. The van der Waals surface area contributed by atoms with Crippen molar-refractivity contribution >= 4 is 5.91 Å². The first-order chi connectivity index (χ1) is 5.56. The van der Waals surface area contributed by atoms with Gasteiger partial charge in [-0.1, -0.05) is 13.8 Å². The zero-order valence-electron chi connectivity index (χ0n) is 8.11. The third kappa shape index (κ3) is 2.48. The van der Waals surface area contributed by atoms with Gasteiger partial charge in [0.15, 0.2) is 0 Å². The summed E-state index contributed by atoms with van der Waals surface area (Å²) in [5.74, 6) is 0.167. The van der Waals surface area contributed by atoms with Gasteiger partial charge in [0.05, 0.1) is 0 Å². The van der Waals surface area contributed by atoms with Crippen LogP contribution in [0.2, 0.25) is 0 Å². The first kappa shape index (κ1) is 9.52. The Morgan fingerprint density at radius 2 is 2.17 bits per heavy atom. The molecule has 1 atom stereocenters. The largest absolute Gasteiger partial charge is 0.353 e. The minimum absolute atomic E-state index is 0.167. The van der Waals surface area contributed by atoms with Gasteiger partial charge >= 0.3 is 0 Å². The second-order valence-corrected chi connectivity index (χ2v) is 4.17. The quantitative estimate of drug-likeness (QED) is 0.645. The van der Waals surface area contributed by atoms with Crippen molar-refractivity contribution in [1.82, 2.24) is 10.6 Å². The Morgan fingerprint density at radius 1 is 1.58 bits per heavy atom. The molecular formula is C9H18N2O. The van der Waals surface area contributed by atoms with Crippen molar-refractivity contribution in [2.45, 2.75) is 32.7 Å². The molecule has 1 amide bonds. The molecule has 0 aromatic heterocycles. The molecule has 0 aliphatic heterocycles. The lowest BCUT2D eigenvalue weighted by Crippen LogP contribution is -2.30. The average molecular weight is 170 g/mol. The number of carbonyl (C=O) groups excluding carboxylic acids is 1. The Hall–Kier alpha value is -0.570. The molecule has 0 aromatic carbocycles. The van der Waals surface area contributed by atoms with Crippen molar-refractivity contribution in [3.05, 3.63) is 0 Å². The zero-order valence-corrected chi connectivity index (χ0v) is 8.11. The smallest absolute Gasteiger partial charge is 0.221 e. The molecule has 0 saturated heterocycles. The topological polar surface area (TPSA) is 41.1 Å². The number of hydrogen-bond acceptors (Lipinski definition) is 2. The molecule has 0 bridgehead atoms. The summed E-state index contributed by atoms with van der Waals surface area (Å²) in [5.41, 5.74) is 0.343. The summed E-state index contributed by atoms with van der Waals surface area (Å²) in [6, 6.07) is 0.418. The van der Waals surface area contributed by atoms with E-state index in [2.05, 4.69) is 24.5 Å². The highest BCUT2D eigenvalue weighted by molar-refractivity contribution is 5.76. The third-order valence-corrected chi connectivity index (χ3v) is 2.45. The fraction of sp³-hybridized carbons (Fsp3) is 0.889. The summed E-state index contributed by atoms with van der Waals surface area (Å²) in [5, 5.41) is 5.95. The van der Waals surface area contributed by atoms with Gasteiger partial charge in [0, 0.05) is 19.0 Å². The van der Waals surface area contributed by atoms with Crippen molar-refractivity contribution in [1.29, 1.82) is 0 Å². The van der Waals surface area contributed by atoms with Gasteiger partial charge in [-0.05, 0) is 18.9 Å². The van der Waals surface area contributed by atoms with Crippen LogP contribution in [0.25, 0.3) is 0 Å². The maximum Gasteiger partial charge on any atom is 0.221 e. The summed E-state index contributed by atoms with van der Waals surface area (Å²) >= 11 is 0. The molecule has 1 unspecified atom stereocenters. The molecule has 3 nitrogen and oxygen atoms in total. The lowest BCUT2D eigenvalue weighted by atomic mass is 10.2. The van der Waals surface area contributed by atoms with E-state index in [1.807, 2.05) is 7.05 Å². The van der Waals surface area contributed by atoms with E-state index in [9.17, 15) is 4.79 Å². The van der Waals surface area contributed by atoms with Crippen LogP contribution >= 0.6 is 0 Å². The van der Waals surface area contributed by atoms with Crippen LogP contribution in [-0.2, 0) is 4.79 Å². The SMILES string of the molecule is CNCCC(=O)NC1CC1(C)C. The molecule has 0 aromatic rings. The van der Waals surface area contributed by atoms with E-state index in [1.165, 1.54) is 0 Å². The molecule has 2 N–H and O–H groups in total. The highest BCUT2D eigenvalue weighted by Crippen LogP contribution is 2.44. The molecule has 1 rings (SSSR count). The number of amides is 1. The molecule has 0 radical (unpaired) electrons. The third-order valence-electron chi connectivity index (χ3n) is 2.45. The first-order valence-corrected chi connectivity index (χ1v) is 4.50. The highest BCUT2D eigenvalue weighted by Gasteiger charge is 2.46. The molecule has 1 saturated carbocycles. The van der Waals surface area contributed by atoms with Crippen molar-refractivity contribution < 1.29 is 4.79 Å². The summed E-state index contributed by atoms with van der Waals surface area (Å²) < 4.78 is 0. The number of hydrogen-bond donors (Lipinski definition) is 2. The lowest BCUT2D eigenvalue weighted by molar-refractivity contribution is -0.121. The van der Waals surface area contributed by atoms with E-state index >= 15 is 0 Å². The molecule has 12 heavy (non-hydrogen) atoms. The molecule has 1 aliphatic carbocycles. The second-order valence-electron chi connectivity index (χ2n) is 4.17. The molecule has 1 fully saturated rings. The van der Waals surface area contributed by atoms with Crippen LogP contribution in [0.3, 0.4) is 0 Å². The van der Waals surface area contributed by atoms with Crippen LogP contribution in [0.1, 0.15) is 26.7 Å². The number of nitrogens with one attached hydrogen (secondary N) is 2. The van der Waals surface area contributed by atoms with Crippen molar-refractivity contribution in [2.75, 3.05) is 13.6 Å². The van der Waals surface area contributed by atoms with E-state index in [-0.39, 0.29) is 5.91 Å². The summed E-state index contributed by atoms with van der Waals surface area (Å²) in [6.07, 6.45) is 1.71. The van der Waals surface area contributed by atoms with Crippen LogP contribution in [0, 0.1) is 5.41 Å². The Morgan fingerprint density at radius 3 is 2.58 bits per heavy atom. The molecular weight excluding hydrogens is 152 g/mol. The highest BCUT2D eigenvalue weighted by atomic mass is 16.1. The summed E-state index contributed by atoms with van der Waals surface area (Å²) in [7, 11) is 1.86. The van der Waals surface area contributed by atoms with Crippen molar-refractivity contribution in [3.8, 4) is 0 Å². The minimum atomic E-state index is 0.167.